The predicted molar refractivity (Wildman–Crippen MR) is 116 cm³/mol. The van der Waals surface area contributed by atoms with Crippen LogP contribution in [0.1, 0.15) is 28.3 Å². The number of rotatable bonds is 5. The average Bonchev–Trinajstić information content (AvgIpc) is 3.17. The Kier molecular flexibility index (Phi) is 5.29. The first kappa shape index (κ1) is 20.4. The van der Waals surface area contributed by atoms with Crippen LogP contribution >= 0.6 is 11.3 Å². The summed E-state index contributed by atoms with van der Waals surface area (Å²) in [6, 6.07) is 12.3. The maximum atomic E-state index is 13.3. The number of anilines is 1. The molecule has 1 aliphatic heterocycles. The first-order valence-corrected chi connectivity index (χ1v) is 11.7. The largest absolute Gasteiger partial charge is 0.493 e. The number of hydrogen-bond donors (Lipinski definition) is 1. The van der Waals surface area contributed by atoms with Crippen LogP contribution in [0.25, 0.3) is 0 Å². The van der Waals surface area contributed by atoms with Gasteiger partial charge >= 0.3 is 0 Å². The Hall–Kier alpha value is -2.84. The quantitative estimate of drug-likeness (QED) is 0.633. The van der Waals surface area contributed by atoms with Gasteiger partial charge in [0.25, 0.3) is 0 Å². The standard InChI is InChI=1S/C22H21NO5S2/c1-13-6-4-7-14(10-13)30(25,26)18-12-29-22-16(11-19(24)23-20(18)22)15-8-5-9-17(27-2)21(15)28-3/h4-10,12,16H,11H2,1-3H3,(H,23,24). The Morgan fingerprint density at radius 3 is 2.57 bits per heavy atom. The predicted octanol–water partition coefficient (Wildman–Crippen LogP) is 4.38. The van der Waals surface area contributed by atoms with Gasteiger partial charge in [-0.15, -0.1) is 11.3 Å². The van der Waals surface area contributed by atoms with Gasteiger partial charge in [0.2, 0.25) is 15.7 Å². The van der Waals surface area contributed by atoms with Crippen molar-refractivity contribution in [1.29, 1.82) is 0 Å². The fourth-order valence-corrected chi connectivity index (χ4v) is 6.75. The molecule has 3 aromatic rings. The van der Waals surface area contributed by atoms with Crippen molar-refractivity contribution in [1.82, 2.24) is 0 Å². The van der Waals surface area contributed by atoms with E-state index in [1.54, 1.807) is 43.9 Å². The molecular formula is C22H21NO5S2. The van der Waals surface area contributed by atoms with Crippen molar-refractivity contribution in [3.8, 4) is 11.5 Å². The van der Waals surface area contributed by atoms with Crippen LogP contribution in [0.5, 0.6) is 11.5 Å². The third-order valence-corrected chi connectivity index (χ3v) is 8.18. The molecule has 8 heteroatoms. The van der Waals surface area contributed by atoms with E-state index < -0.39 is 9.84 Å². The number of hydrogen-bond acceptors (Lipinski definition) is 6. The molecule has 0 radical (unpaired) electrons. The van der Waals surface area contributed by atoms with Gasteiger partial charge in [-0.1, -0.05) is 24.3 Å². The van der Waals surface area contributed by atoms with Crippen molar-refractivity contribution in [3.63, 3.8) is 0 Å². The van der Waals surface area contributed by atoms with Crippen LogP contribution in [0.2, 0.25) is 0 Å². The third-order valence-electron chi connectivity index (χ3n) is 5.15. The molecule has 30 heavy (non-hydrogen) atoms. The van der Waals surface area contributed by atoms with E-state index in [0.717, 1.165) is 16.0 Å². The van der Waals surface area contributed by atoms with Crippen LogP contribution in [-0.2, 0) is 14.6 Å². The van der Waals surface area contributed by atoms with Crippen LogP contribution in [0.15, 0.2) is 57.6 Å². The van der Waals surface area contributed by atoms with Crippen LogP contribution in [0.3, 0.4) is 0 Å². The Bertz CT molecular complexity index is 1230. The van der Waals surface area contributed by atoms with E-state index in [1.807, 2.05) is 25.1 Å². The highest BCUT2D eigenvalue weighted by Gasteiger charge is 2.36. The topological polar surface area (TPSA) is 81.7 Å². The molecule has 1 N–H and O–H groups in total. The lowest BCUT2D eigenvalue weighted by molar-refractivity contribution is -0.116. The summed E-state index contributed by atoms with van der Waals surface area (Å²) in [7, 11) is -0.675. The van der Waals surface area contributed by atoms with Crippen LogP contribution in [0.4, 0.5) is 5.69 Å². The second kappa shape index (κ2) is 7.77. The first-order chi connectivity index (χ1) is 14.4. The Morgan fingerprint density at radius 2 is 1.87 bits per heavy atom. The molecule has 1 aliphatic rings. The van der Waals surface area contributed by atoms with Crippen molar-refractivity contribution in [2.24, 2.45) is 0 Å². The summed E-state index contributed by atoms with van der Waals surface area (Å²) < 4.78 is 37.6. The maximum Gasteiger partial charge on any atom is 0.225 e. The molecule has 2 aromatic carbocycles. The zero-order valence-electron chi connectivity index (χ0n) is 16.8. The molecule has 1 atom stereocenters. The average molecular weight is 444 g/mol. The molecule has 0 aliphatic carbocycles. The number of carbonyl (C=O) groups is 1. The molecule has 0 bridgehead atoms. The molecule has 6 nitrogen and oxygen atoms in total. The number of para-hydroxylation sites is 1. The van der Waals surface area contributed by atoms with E-state index >= 15 is 0 Å². The summed E-state index contributed by atoms with van der Waals surface area (Å²) in [5.74, 6) is 0.538. The fourth-order valence-electron chi connectivity index (χ4n) is 3.75. The zero-order valence-corrected chi connectivity index (χ0v) is 18.4. The third kappa shape index (κ3) is 3.36. The summed E-state index contributed by atoms with van der Waals surface area (Å²) in [5.41, 5.74) is 1.99. The molecule has 1 unspecified atom stereocenters. The van der Waals surface area contributed by atoms with Crippen LogP contribution in [-0.4, -0.2) is 28.5 Å². The summed E-state index contributed by atoms with van der Waals surface area (Å²) in [6.07, 6.45) is 0.195. The number of sulfone groups is 1. The molecule has 0 fully saturated rings. The smallest absolute Gasteiger partial charge is 0.225 e. The van der Waals surface area contributed by atoms with Gasteiger partial charge in [0.1, 0.15) is 4.90 Å². The Balaban J connectivity index is 1.86. The second-order valence-corrected chi connectivity index (χ2v) is 9.88. The number of amides is 1. The Morgan fingerprint density at radius 1 is 1.10 bits per heavy atom. The minimum Gasteiger partial charge on any atom is -0.493 e. The van der Waals surface area contributed by atoms with Crippen molar-refractivity contribution >= 4 is 32.8 Å². The number of aryl methyl sites for hydroxylation is 1. The summed E-state index contributed by atoms with van der Waals surface area (Å²) in [4.78, 5) is 13.7. The molecule has 2 heterocycles. The second-order valence-electron chi connectivity index (χ2n) is 7.05. The van der Waals surface area contributed by atoms with E-state index in [1.165, 1.54) is 11.3 Å². The molecule has 0 spiro atoms. The van der Waals surface area contributed by atoms with Gasteiger partial charge in [0, 0.05) is 28.2 Å². The molecule has 1 amide bonds. The van der Waals surface area contributed by atoms with Gasteiger partial charge in [-0.2, -0.15) is 0 Å². The molecule has 0 saturated carbocycles. The van der Waals surface area contributed by atoms with Gasteiger partial charge in [-0.25, -0.2) is 8.42 Å². The van der Waals surface area contributed by atoms with Gasteiger partial charge in [0.15, 0.2) is 11.5 Å². The highest BCUT2D eigenvalue weighted by atomic mass is 32.2. The SMILES string of the molecule is COc1cccc(C2CC(=O)Nc3c(S(=O)(=O)c4cccc(C)c4)csc32)c1OC. The number of nitrogens with one attached hydrogen (secondary N) is 1. The lowest BCUT2D eigenvalue weighted by atomic mass is 9.89. The molecule has 0 saturated heterocycles. The lowest BCUT2D eigenvalue weighted by Crippen LogP contribution is -2.23. The first-order valence-electron chi connectivity index (χ1n) is 9.30. The van der Waals surface area contributed by atoms with E-state index in [4.69, 9.17) is 9.47 Å². The minimum atomic E-state index is -3.78. The lowest BCUT2D eigenvalue weighted by Gasteiger charge is -2.25. The van der Waals surface area contributed by atoms with Crippen molar-refractivity contribution in [2.45, 2.75) is 29.1 Å². The normalized spacial score (nSPS) is 16.0. The van der Waals surface area contributed by atoms with Crippen molar-refractivity contribution in [3.05, 3.63) is 63.8 Å². The van der Waals surface area contributed by atoms with E-state index in [9.17, 15) is 13.2 Å². The maximum absolute atomic E-state index is 13.3. The van der Waals surface area contributed by atoms with Gasteiger partial charge in [0.05, 0.1) is 24.8 Å². The van der Waals surface area contributed by atoms with E-state index in [0.29, 0.717) is 17.2 Å². The molecule has 156 valence electrons. The van der Waals surface area contributed by atoms with Gasteiger partial charge in [-0.05, 0) is 30.7 Å². The molecular weight excluding hydrogens is 422 g/mol. The van der Waals surface area contributed by atoms with E-state index in [2.05, 4.69) is 5.32 Å². The monoisotopic (exact) mass is 443 g/mol. The van der Waals surface area contributed by atoms with E-state index in [-0.39, 0.29) is 28.0 Å². The van der Waals surface area contributed by atoms with Crippen LogP contribution < -0.4 is 14.8 Å². The minimum absolute atomic E-state index is 0.119. The van der Waals surface area contributed by atoms with Crippen molar-refractivity contribution < 1.29 is 22.7 Å². The number of ether oxygens (including phenoxy) is 2. The summed E-state index contributed by atoms with van der Waals surface area (Å²) in [5, 5.41) is 4.39. The fraction of sp³-hybridized carbons (Fsp3) is 0.227. The van der Waals surface area contributed by atoms with Gasteiger partial charge in [-0.3, -0.25) is 4.79 Å². The zero-order chi connectivity index (χ0) is 21.5. The Labute approximate surface area is 179 Å². The number of benzene rings is 2. The summed E-state index contributed by atoms with van der Waals surface area (Å²) in [6.45, 7) is 1.84. The molecule has 1 aromatic heterocycles. The number of thiophene rings is 1. The number of carbonyl (C=O) groups excluding carboxylic acids is 1. The number of methoxy groups -OCH3 is 2. The van der Waals surface area contributed by atoms with Crippen LogP contribution in [0, 0.1) is 6.92 Å². The molecule has 4 rings (SSSR count). The summed E-state index contributed by atoms with van der Waals surface area (Å²) >= 11 is 1.33. The van der Waals surface area contributed by atoms with Crippen molar-refractivity contribution in [2.75, 3.05) is 19.5 Å². The highest BCUT2D eigenvalue weighted by Crippen LogP contribution is 2.49. The van der Waals surface area contributed by atoms with Gasteiger partial charge < -0.3 is 14.8 Å². The number of fused-ring (bicyclic) bond motifs is 1. The highest BCUT2D eigenvalue weighted by molar-refractivity contribution is 7.91.